The van der Waals surface area contributed by atoms with E-state index in [0.717, 1.165) is 31.9 Å². The van der Waals surface area contributed by atoms with Gasteiger partial charge in [-0.25, -0.2) is 0 Å². The van der Waals surface area contributed by atoms with Gasteiger partial charge in [-0.2, -0.15) is 0 Å². The minimum Gasteiger partial charge on any atom is -0.339 e. The molecule has 3 nitrogen and oxygen atoms in total. The van der Waals surface area contributed by atoms with Crippen LogP contribution in [0, 0.1) is 0 Å². The van der Waals surface area contributed by atoms with Gasteiger partial charge in [-0.05, 0) is 29.8 Å². The Bertz CT molecular complexity index is 740. The summed E-state index contributed by atoms with van der Waals surface area (Å²) in [5.41, 5.74) is 4.10. The van der Waals surface area contributed by atoms with Crippen molar-refractivity contribution in [3.8, 4) is 0 Å². The topological polar surface area (TPSA) is 23.6 Å². The largest absolute Gasteiger partial charge is 0.339 e. The van der Waals surface area contributed by atoms with Crippen LogP contribution in [0.3, 0.4) is 0 Å². The number of nitrogens with zero attached hydrogens (tertiary/aromatic N) is 2. The molecule has 2 aliphatic rings. The lowest BCUT2D eigenvalue weighted by atomic mass is 10.0. The van der Waals surface area contributed by atoms with Crippen LogP contribution in [0.5, 0.6) is 0 Å². The van der Waals surface area contributed by atoms with Crippen molar-refractivity contribution < 1.29 is 4.79 Å². The number of piperazine rings is 1. The normalized spacial score (nSPS) is 20.2. The molecule has 26 heavy (non-hydrogen) atoms. The van der Waals surface area contributed by atoms with E-state index in [1.54, 1.807) is 11.8 Å². The standard InChI is InChI=1S/C21H24N2OS2/c1-22-10-12-23(13-11-22)20(24)15-26-21-17-7-3-2-6-16(17)14-25-19-9-5-4-8-18(19)21/h2-9,21H,10-15H2,1H3. The van der Waals surface area contributed by atoms with Gasteiger partial charge >= 0.3 is 0 Å². The second-order valence-electron chi connectivity index (χ2n) is 6.90. The van der Waals surface area contributed by atoms with Crippen LogP contribution in [0.25, 0.3) is 0 Å². The number of hydrogen-bond donors (Lipinski definition) is 0. The van der Waals surface area contributed by atoms with Crippen LogP contribution in [0.2, 0.25) is 0 Å². The number of thioether (sulfide) groups is 2. The van der Waals surface area contributed by atoms with Crippen molar-refractivity contribution >= 4 is 29.4 Å². The third-order valence-corrected chi connectivity index (χ3v) is 7.54. The molecule has 0 spiro atoms. The molecule has 2 heterocycles. The molecule has 2 aromatic carbocycles. The van der Waals surface area contributed by atoms with Crippen molar-refractivity contribution in [1.29, 1.82) is 0 Å². The Balaban J connectivity index is 1.54. The fraction of sp³-hybridized carbons (Fsp3) is 0.381. The summed E-state index contributed by atoms with van der Waals surface area (Å²) in [4.78, 5) is 18.4. The summed E-state index contributed by atoms with van der Waals surface area (Å²) in [6.07, 6.45) is 0. The minimum absolute atomic E-state index is 0.230. The molecule has 0 saturated carbocycles. The van der Waals surface area contributed by atoms with Crippen molar-refractivity contribution in [2.24, 2.45) is 0 Å². The molecule has 1 fully saturated rings. The van der Waals surface area contributed by atoms with E-state index in [2.05, 4.69) is 60.5 Å². The second-order valence-corrected chi connectivity index (χ2v) is 9.01. The van der Waals surface area contributed by atoms with E-state index >= 15 is 0 Å². The Hall–Kier alpha value is -1.43. The van der Waals surface area contributed by atoms with Crippen LogP contribution in [0.1, 0.15) is 21.9 Å². The Morgan fingerprint density at radius 1 is 1.04 bits per heavy atom. The molecule has 1 atom stereocenters. The third-order valence-electron chi connectivity index (χ3n) is 5.15. The maximum absolute atomic E-state index is 12.7. The highest BCUT2D eigenvalue weighted by Gasteiger charge is 2.26. The number of carbonyl (C=O) groups is 1. The minimum atomic E-state index is 0.230. The molecule has 2 aromatic rings. The van der Waals surface area contributed by atoms with Crippen LogP contribution in [-0.4, -0.2) is 54.7 Å². The highest BCUT2D eigenvalue weighted by molar-refractivity contribution is 8.00. The van der Waals surface area contributed by atoms with Crippen molar-refractivity contribution in [2.45, 2.75) is 15.9 Å². The summed E-state index contributed by atoms with van der Waals surface area (Å²) >= 11 is 3.68. The van der Waals surface area contributed by atoms with Gasteiger partial charge in [0.25, 0.3) is 0 Å². The molecule has 0 aliphatic carbocycles. The van der Waals surface area contributed by atoms with E-state index in [9.17, 15) is 4.79 Å². The summed E-state index contributed by atoms with van der Waals surface area (Å²) in [5, 5.41) is 0.230. The summed E-state index contributed by atoms with van der Waals surface area (Å²) < 4.78 is 0. The number of rotatable bonds is 3. The predicted molar refractivity (Wildman–Crippen MR) is 111 cm³/mol. The number of likely N-dealkylation sites (N-methyl/N-ethyl adjacent to an activating group) is 1. The molecular formula is C21H24N2OS2. The molecule has 0 radical (unpaired) electrons. The lowest BCUT2D eigenvalue weighted by Crippen LogP contribution is -2.47. The van der Waals surface area contributed by atoms with Gasteiger partial charge in [0.15, 0.2) is 0 Å². The Morgan fingerprint density at radius 3 is 2.54 bits per heavy atom. The molecule has 0 N–H and O–H groups in total. The summed E-state index contributed by atoms with van der Waals surface area (Å²) in [7, 11) is 2.12. The first-order valence-electron chi connectivity index (χ1n) is 9.10. The first kappa shape index (κ1) is 18.0. The molecule has 1 amide bonds. The fourth-order valence-corrected chi connectivity index (χ4v) is 6.02. The molecular weight excluding hydrogens is 360 g/mol. The number of carbonyl (C=O) groups excluding carboxylic acids is 1. The second kappa shape index (κ2) is 8.07. The van der Waals surface area contributed by atoms with Gasteiger partial charge in [0.1, 0.15) is 0 Å². The lowest BCUT2D eigenvalue weighted by molar-refractivity contribution is -0.129. The van der Waals surface area contributed by atoms with Gasteiger partial charge in [0, 0.05) is 36.8 Å². The SMILES string of the molecule is CN1CCN(C(=O)CSC2c3ccccc3CSc3ccccc32)CC1. The van der Waals surface area contributed by atoms with Crippen molar-refractivity contribution in [3.05, 3.63) is 65.2 Å². The van der Waals surface area contributed by atoms with E-state index < -0.39 is 0 Å². The summed E-state index contributed by atoms with van der Waals surface area (Å²) in [6.45, 7) is 3.65. The van der Waals surface area contributed by atoms with Crippen molar-refractivity contribution in [3.63, 3.8) is 0 Å². The Kier molecular flexibility index (Phi) is 5.57. The van der Waals surface area contributed by atoms with Gasteiger partial charge in [0.05, 0.1) is 11.0 Å². The van der Waals surface area contributed by atoms with Crippen LogP contribution < -0.4 is 0 Å². The lowest BCUT2D eigenvalue weighted by Gasteiger charge is -2.32. The van der Waals surface area contributed by atoms with E-state index in [0.29, 0.717) is 5.75 Å². The molecule has 1 saturated heterocycles. The van der Waals surface area contributed by atoms with Crippen LogP contribution in [0.4, 0.5) is 0 Å². The van der Waals surface area contributed by atoms with Gasteiger partial charge in [-0.1, -0.05) is 42.5 Å². The van der Waals surface area contributed by atoms with E-state index in [1.165, 1.54) is 21.6 Å². The maximum Gasteiger partial charge on any atom is 0.232 e. The number of hydrogen-bond acceptors (Lipinski definition) is 4. The highest BCUT2D eigenvalue weighted by atomic mass is 32.2. The van der Waals surface area contributed by atoms with E-state index in [-0.39, 0.29) is 11.2 Å². The Morgan fingerprint density at radius 2 is 1.73 bits per heavy atom. The average molecular weight is 385 g/mol. The number of amides is 1. The zero-order valence-corrected chi connectivity index (χ0v) is 16.7. The van der Waals surface area contributed by atoms with E-state index in [4.69, 9.17) is 0 Å². The van der Waals surface area contributed by atoms with Gasteiger partial charge in [-0.3, -0.25) is 4.79 Å². The molecule has 2 aliphatic heterocycles. The van der Waals surface area contributed by atoms with E-state index in [1.807, 2.05) is 16.7 Å². The van der Waals surface area contributed by atoms with Gasteiger partial charge in [0.2, 0.25) is 5.91 Å². The predicted octanol–water partition coefficient (Wildman–Crippen LogP) is 3.89. The van der Waals surface area contributed by atoms with Crippen molar-refractivity contribution in [1.82, 2.24) is 9.80 Å². The first-order valence-corrected chi connectivity index (χ1v) is 11.1. The quantitative estimate of drug-likeness (QED) is 0.801. The molecule has 136 valence electrons. The van der Waals surface area contributed by atoms with Gasteiger partial charge in [-0.15, -0.1) is 23.5 Å². The van der Waals surface area contributed by atoms with Crippen LogP contribution in [0.15, 0.2) is 53.4 Å². The molecule has 0 bridgehead atoms. The molecule has 4 rings (SSSR count). The average Bonchev–Trinajstić information content (AvgIpc) is 2.84. The highest BCUT2D eigenvalue weighted by Crippen LogP contribution is 2.45. The monoisotopic (exact) mass is 384 g/mol. The molecule has 1 unspecified atom stereocenters. The van der Waals surface area contributed by atoms with Crippen LogP contribution in [-0.2, 0) is 10.5 Å². The first-order chi connectivity index (χ1) is 12.7. The molecule has 0 aromatic heterocycles. The fourth-order valence-electron chi connectivity index (χ4n) is 3.55. The smallest absolute Gasteiger partial charge is 0.232 e. The number of fused-ring (bicyclic) bond motifs is 2. The summed E-state index contributed by atoms with van der Waals surface area (Å²) in [6, 6.07) is 17.4. The third kappa shape index (κ3) is 3.80. The molecule has 5 heteroatoms. The van der Waals surface area contributed by atoms with Crippen molar-refractivity contribution in [2.75, 3.05) is 39.0 Å². The zero-order chi connectivity index (χ0) is 17.9. The Labute approximate surface area is 164 Å². The van der Waals surface area contributed by atoms with Gasteiger partial charge < -0.3 is 9.80 Å². The number of benzene rings is 2. The van der Waals surface area contributed by atoms with Crippen LogP contribution >= 0.6 is 23.5 Å². The maximum atomic E-state index is 12.7. The zero-order valence-electron chi connectivity index (χ0n) is 15.1. The summed E-state index contributed by atoms with van der Waals surface area (Å²) in [5.74, 6) is 1.81.